The molecule has 2 aliphatic rings. The van der Waals surface area contributed by atoms with E-state index >= 15 is 0 Å². The topological polar surface area (TPSA) is 60.2 Å². The third kappa shape index (κ3) is 7.83. The number of phenolic OH excluding ortho intramolecular Hbond substituents is 1. The second-order valence-corrected chi connectivity index (χ2v) is 8.26. The number of nitrogens with zero attached hydrogens (tertiary/aromatic N) is 3. The number of phenols is 1. The molecule has 2 aliphatic heterocycles. The van der Waals surface area contributed by atoms with E-state index in [1.165, 1.54) is 5.56 Å². The first-order chi connectivity index (χ1) is 15.6. The van der Waals surface area contributed by atoms with Crippen LogP contribution in [-0.4, -0.2) is 56.0 Å². The number of rotatable bonds is 5. The predicted molar refractivity (Wildman–Crippen MR) is 139 cm³/mol. The zero-order valence-corrected chi connectivity index (χ0v) is 21.6. The molecule has 0 aromatic heterocycles. The van der Waals surface area contributed by atoms with Gasteiger partial charge in [-0.2, -0.15) is 11.9 Å². The molecule has 34 heavy (non-hydrogen) atoms. The van der Waals surface area contributed by atoms with Crippen molar-refractivity contribution in [3.05, 3.63) is 84.9 Å². The van der Waals surface area contributed by atoms with Crippen molar-refractivity contribution in [2.75, 3.05) is 20.1 Å². The summed E-state index contributed by atoms with van der Waals surface area (Å²) in [5.41, 5.74) is 5.56. The fraction of sp³-hybridized carbons (Fsp3) is 0.296. The van der Waals surface area contributed by atoms with E-state index in [9.17, 15) is 5.11 Å². The summed E-state index contributed by atoms with van der Waals surface area (Å²) in [7, 11) is 7.64. The monoisotopic (exact) mass is 604 g/mol. The Morgan fingerprint density at radius 1 is 1.18 bits per heavy atom. The maximum Gasteiger partial charge on any atom is 0.124 e. The van der Waals surface area contributed by atoms with Crippen LogP contribution in [0.5, 0.6) is 5.75 Å². The SMILES string of the molecule is [B]c1cccc(CN2CCC(N=C3C=C(c4ccccc4O)NC(=[C-]C=NC)C3)CC2)c1.[CH3-].[Er]. The minimum atomic E-state index is 0. The molecule has 0 unspecified atom stereocenters. The van der Waals surface area contributed by atoms with Crippen LogP contribution in [0.15, 0.2) is 70.3 Å². The number of benzene rings is 2. The van der Waals surface area contributed by atoms with Crippen molar-refractivity contribution < 1.29 is 42.4 Å². The standard InChI is InChI=1S/C26H28BN4O.CH3.Er/c1-28-12-9-22-16-23(17-25(30-22)24-7-2-3-8-26(24)32)29-21-10-13-31(14-11-21)18-19-5-4-6-20(27)15-19;;/h2-8,12,15,17,21,30,32H,10-11,13-14,16,18H2,1H3;1H3;/q2*-1;. The molecule has 0 saturated carbocycles. The van der Waals surface area contributed by atoms with Gasteiger partial charge in [-0.05, 0) is 43.0 Å². The molecular formula is C27H31BErN4O-2. The molecule has 2 heterocycles. The minimum absolute atomic E-state index is 0. The molecule has 182 valence electrons. The summed E-state index contributed by atoms with van der Waals surface area (Å²) in [4.78, 5) is 11.6. The van der Waals surface area contributed by atoms with Crippen LogP contribution in [0.3, 0.4) is 0 Å². The van der Waals surface area contributed by atoms with Crippen LogP contribution < -0.4 is 10.8 Å². The molecule has 2 aromatic carbocycles. The van der Waals surface area contributed by atoms with Gasteiger partial charge in [0.15, 0.2) is 0 Å². The quantitative estimate of drug-likeness (QED) is 0.312. The van der Waals surface area contributed by atoms with E-state index < -0.39 is 0 Å². The Kier molecular flexibility index (Phi) is 11.6. The third-order valence-corrected chi connectivity index (χ3v) is 5.78. The van der Waals surface area contributed by atoms with Gasteiger partial charge in [0, 0.05) is 81.0 Å². The van der Waals surface area contributed by atoms with Crippen LogP contribution in [-0.2, 0) is 6.54 Å². The molecule has 0 amide bonds. The number of aromatic hydroxyl groups is 1. The molecule has 0 bridgehead atoms. The first kappa shape index (κ1) is 28.4. The Labute approximate surface area is 234 Å². The maximum atomic E-state index is 10.3. The summed E-state index contributed by atoms with van der Waals surface area (Å²) in [6, 6.07) is 15.7. The summed E-state index contributed by atoms with van der Waals surface area (Å²) in [5.74, 6) is 0.242. The number of aliphatic imine (C=N–C) groups is 2. The van der Waals surface area contributed by atoms with Gasteiger partial charge in [-0.1, -0.05) is 41.9 Å². The van der Waals surface area contributed by atoms with Crippen LogP contribution >= 0.6 is 0 Å². The van der Waals surface area contributed by atoms with Crippen molar-refractivity contribution in [3.63, 3.8) is 0 Å². The van der Waals surface area contributed by atoms with Crippen molar-refractivity contribution in [3.8, 4) is 5.75 Å². The van der Waals surface area contributed by atoms with Gasteiger partial charge in [0.25, 0.3) is 0 Å². The molecule has 0 aliphatic carbocycles. The summed E-state index contributed by atoms with van der Waals surface area (Å²) in [5, 5.41) is 13.7. The summed E-state index contributed by atoms with van der Waals surface area (Å²) in [6.45, 7) is 2.96. The van der Waals surface area contributed by atoms with E-state index in [1.54, 1.807) is 19.3 Å². The molecule has 1 fully saturated rings. The van der Waals surface area contributed by atoms with Crippen LogP contribution in [0.25, 0.3) is 5.70 Å². The van der Waals surface area contributed by atoms with Gasteiger partial charge in [-0.3, -0.25) is 9.89 Å². The second kappa shape index (κ2) is 13.9. The predicted octanol–water partition coefficient (Wildman–Crippen LogP) is 3.46. The largest absolute Gasteiger partial charge is 0.507 e. The van der Waals surface area contributed by atoms with Gasteiger partial charge in [-0.15, -0.1) is 0 Å². The molecule has 2 N–H and O–H groups in total. The van der Waals surface area contributed by atoms with E-state index in [-0.39, 0.29) is 50.5 Å². The maximum absolute atomic E-state index is 10.3. The van der Waals surface area contributed by atoms with Crippen molar-refractivity contribution >= 4 is 30.9 Å². The Balaban J connectivity index is 0.00000204. The Morgan fingerprint density at radius 3 is 2.65 bits per heavy atom. The van der Waals surface area contributed by atoms with Crippen molar-refractivity contribution in [2.24, 2.45) is 9.98 Å². The van der Waals surface area contributed by atoms with E-state index in [0.717, 1.165) is 60.6 Å². The fourth-order valence-corrected chi connectivity index (χ4v) is 4.19. The number of piperidine rings is 1. The second-order valence-electron chi connectivity index (χ2n) is 8.26. The molecule has 5 nitrogen and oxygen atoms in total. The van der Waals surface area contributed by atoms with Crippen molar-refractivity contribution in [2.45, 2.75) is 31.8 Å². The van der Waals surface area contributed by atoms with E-state index in [4.69, 9.17) is 12.8 Å². The molecular weight excluding hydrogens is 574 g/mol. The van der Waals surface area contributed by atoms with Crippen LogP contribution in [0.1, 0.15) is 30.4 Å². The van der Waals surface area contributed by atoms with Crippen molar-refractivity contribution in [1.82, 2.24) is 10.2 Å². The first-order valence-electron chi connectivity index (χ1n) is 11.0. The number of allylic oxidation sites excluding steroid dienone is 3. The molecule has 4 rings (SSSR count). The van der Waals surface area contributed by atoms with Gasteiger partial charge in [0.05, 0.1) is 6.04 Å². The van der Waals surface area contributed by atoms with Gasteiger partial charge in [0.1, 0.15) is 13.6 Å². The number of hydrogen-bond donors (Lipinski definition) is 2. The summed E-state index contributed by atoms with van der Waals surface area (Å²) in [6.07, 6.45) is 9.61. The zero-order valence-electron chi connectivity index (χ0n) is 19.7. The number of nitrogens with one attached hydrogen (secondary N) is 1. The molecule has 0 atom stereocenters. The summed E-state index contributed by atoms with van der Waals surface area (Å²) >= 11 is 0. The molecule has 7 heteroatoms. The normalized spacial score (nSPS) is 19.4. The smallest absolute Gasteiger partial charge is 0.124 e. The number of likely N-dealkylation sites (tertiary alicyclic amines) is 1. The number of hydrogen-bond acceptors (Lipinski definition) is 5. The average molecular weight is 606 g/mol. The fourth-order valence-electron chi connectivity index (χ4n) is 4.19. The van der Waals surface area contributed by atoms with E-state index in [1.807, 2.05) is 36.4 Å². The summed E-state index contributed by atoms with van der Waals surface area (Å²) < 4.78 is 0. The minimum Gasteiger partial charge on any atom is -0.507 e. The molecule has 1 saturated heterocycles. The van der Waals surface area contributed by atoms with Gasteiger partial charge in [0.2, 0.25) is 0 Å². The Hall–Kier alpha value is -1.87. The third-order valence-electron chi connectivity index (χ3n) is 5.78. The molecule has 2 radical (unpaired) electrons. The van der Waals surface area contributed by atoms with E-state index in [2.05, 4.69) is 33.4 Å². The van der Waals surface area contributed by atoms with Crippen molar-refractivity contribution in [1.29, 1.82) is 0 Å². The Bertz CT molecular complexity index is 1070. The van der Waals surface area contributed by atoms with E-state index in [0.29, 0.717) is 12.5 Å². The van der Waals surface area contributed by atoms with Crippen LogP contribution in [0.2, 0.25) is 0 Å². The first-order valence-corrected chi connectivity index (χ1v) is 11.0. The van der Waals surface area contributed by atoms with Crippen LogP contribution in [0, 0.1) is 50.8 Å². The Morgan fingerprint density at radius 2 is 1.94 bits per heavy atom. The zero-order chi connectivity index (χ0) is 22.3. The van der Waals surface area contributed by atoms with Gasteiger partial charge < -0.3 is 28.9 Å². The molecule has 2 aromatic rings. The molecule has 0 spiro atoms. The van der Waals surface area contributed by atoms with Crippen LogP contribution in [0.4, 0.5) is 0 Å². The van der Waals surface area contributed by atoms with Gasteiger partial charge in [-0.25, -0.2) is 0 Å². The number of para-hydroxylation sites is 1. The van der Waals surface area contributed by atoms with Gasteiger partial charge >= 0.3 is 0 Å². The average Bonchev–Trinajstić information content (AvgIpc) is 2.79.